The minimum absolute atomic E-state index is 0.00722. The van der Waals surface area contributed by atoms with Crippen LogP contribution in [-0.2, 0) is 10.0 Å². The third kappa shape index (κ3) is 3.23. The highest BCUT2D eigenvalue weighted by atomic mass is 35.5. The lowest BCUT2D eigenvalue weighted by molar-refractivity contribution is 0.599. The number of thiol groups is 1. The zero-order valence-electron chi connectivity index (χ0n) is 14.1. The first-order valence-corrected chi connectivity index (χ1v) is 10.4. The fourth-order valence-corrected chi connectivity index (χ4v) is 4.77. The summed E-state index contributed by atoms with van der Waals surface area (Å²) in [6, 6.07) is 16.9. The van der Waals surface area contributed by atoms with Crippen LogP contribution in [0.15, 0.2) is 70.5 Å². The van der Waals surface area contributed by atoms with Crippen molar-refractivity contribution in [2.45, 2.75) is 9.79 Å². The third-order valence-electron chi connectivity index (χ3n) is 4.21. The number of fused-ring (bicyclic) bond motifs is 1. The Morgan fingerprint density at radius 2 is 1.75 bits per heavy atom. The SMILES string of the molecule is O=S(=O)(Nc1n[nH]c2c(F)c(Cl)c(-c3ccccc3)cc12)c1ccccc1S. The fraction of sp³-hybridized carbons (Fsp3) is 0. The van der Waals surface area contributed by atoms with Gasteiger partial charge in [-0.1, -0.05) is 54.1 Å². The molecule has 1 heterocycles. The van der Waals surface area contributed by atoms with Crippen LogP contribution in [-0.4, -0.2) is 18.6 Å². The molecule has 0 bridgehead atoms. The number of nitrogens with one attached hydrogen (secondary N) is 2. The summed E-state index contributed by atoms with van der Waals surface area (Å²) in [5, 5.41) is 6.64. The van der Waals surface area contributed by atoms with Gasteiger partial charge in [0.25, 0.3) is 10.0 Å². The van der Waals surface area contributed by atoms with Crippen LogP contribution in [0.2, 0.25) is 5.02 Å². The van der Waals surface area contributed by atoms with E-state index in [9.17, 15) is 12.8 Å². The second kappa shape index (κ2) is 7.12. The van der Waals surface area contributed by atoms with Crippen LogP contribution in [0.4, 0.5) is 10.2 Å². The summed E-state index contributed by atoms with van der Waals surface area (Å²) >= 11 is 10.4. The first-order valence-electron chi connectivity index (χ1n) is 8.11. The fourth-order valence-electron chi connectivity index (χ4n) is 2.87. The van der Waals surface area contributed by atoms with Gasteiger partial charge in [-0.25, -0.2) is 12.8 Å². The lowest BCUT2D eigenvalue weighted by Crippen LogP contribution is -2.14. The second-order valence-electron chi connectivity index (χ2n) is 5.99. The van der Waals surface area contributed by atoms with Gasteiger partial charge in [0.2, 0.25) is 0 Å². The Kier molecular flexibility index (Phi) is 4.78. The van der Waals surface area contributed by atoms with E-state index in [1.165, 1.54) is 6.07 Å². The van der Waals surface area contributed by atoms with Crippen molar-refractivity contribution in [1.82, 2.24) is 10.2 Å². The monoisotopic (exact) mass is 433 g/mol. The first-order chi connectivity index (χ1) is 13.4. The molecule has 9 heteroatoms. The van der Waals surface area contributed by atoms with Gasteiger partial charge in [-0.05, 0) is 23.8 Å². The molecule has 28 heavy (non-hydrogen) atoms. The Bertz CT molecular complexity index is 1290. The van der Waals surface area contributed by atoms with Crippen molar-refractivity contribution in [2.75, 3.05) is 4.72 Å². The number of anilines is 1. The standard InChI is InChI=1S/C19H13ClFN3O2S2/c20-16-12(11-6-2-1-3-7-11)10-13-18(17(16)21)22-23-19(13)24-28(25,26)15-9-5-4-8-14(15)27/h1-10,27H,(H2,22,23,24). The normalized spacial score (nSPS) is 11.7. The van der Waals surface area contributed by atoms with E-state index in [0.717, 1.165) is 0 Å². The highest BCUT2D eigenvalue weighted by Crippen LogP contribution is 2.37. The molecule has 0 radical (unpaired) electrons. The number of nitrogens with zero attached hydrogens (tertiary/aromatic N) is 1. The quantitative estimate of drug-likeness (QED) is 0.391. The lowest BCUT2D eigenvalue weighted by Gasteiger charge is -2.09. The molecule has 0 saturated carbocycles. The van der Waals surface area contributed by atoms with E-state index in [1.807, 2.05) is 6.07 Å². The maximum atomic E-state index is 14.8. The van der Waals surface area contributed by atoms with Crippen LogP contribution in [0.5, 0.6) is 0 Å². The predicted octanol–water partition coefficient (Wildman–Crippen LogP) is 5.11. The number of rotatable bonds is 4. The van der Waals surface area contributed by atoms with Gasteiger partial charge >= 0.3 is 0 Å². The molecular formula is C19H13ClFN3O2S2. The minimum Gasteiger partial charge on any atom is -0.273 e. The van der Waals surface area contributed by atoms with Gasteiger partial charge < -0.3 is 0 Å². The van der Waals surface area contributed by atoms with Gasteiger partial charge in [-0.3, -0.25) is 9.82 Å². The molecule has 3 aromatic carbocycles. The van der Waals surface area contributed by atoms with Crippen molar-refractivity contribution in [3.05, 3.63) is 71.5 Å². The summed E-state index contributed by atoms with van der Waals surface area (Å²) in [7, 11) is -3.97. The van der Waals surface area contributed by atoms with Crippen molar-refractivity contribution in [1.29, 1.82) is 0 Å². The van der Waals surface area contributed by atoms with Crippen LogP contribution in [0.3, 0.4) is 0 Å². The summed E-state index contributed by atoms with van der Waals surface area (Å²) in [4.78, 5) is 0.279. The first kappa shape index (κ1) is 18.8. The van der Waals surface area contributed by atoms with Crippen LogP contribution in [0.1, 0.15) is 0 Å². The maximum Gasteiger partial charge on any atom is 0.264 e. The molecular weight excluding hydrogens is 421 g/mol. The number of sulfonamides is 1. The molecule has 0 aliphatic rings. The number of aromatic nitrogens is 2. The Morgan fingerprint density at radius 3 is 2.46 bits per heavy atom. The van der Waals surface area contributed by atoms with E-state index in [2.05, 4.69) is 27.5 Å². The zero-order valence-corrected chi connectivity index (χ0v) is 16.6. The van der Waals surface area contributed by atoms with Crippen molar-refractivity contribution in [2.24, 2.45) is 0 Å². The van der Waals surface area contributed by atoms with Crippen LogP contribution < -0.4 is 4.72 Å². The summed E-state index contributed by atoms with van der Waals surface area (Å²) < 4.78 is 42.7. The molecule has 0 fully saturated rings. The van der Waals surface area contributed by atoms with Crippen LogP contribution in [0, 0.1) is 5.82 Å². The average molecular weight is 434 g/mol. The lowest BCUT2D eigenvalue weighted by atomic mass is 10.0. The van der Waals surface area contributed by atoms with Crippen molar-refractivity contribution >= 4 is 51.0 Å². The van der Waals surface area contributed by atoms with Gasteiger partial charge in [0.15, 0.2) is 11.6 Å². The van der Waals surface area contributed by atoms with E-state index in [0.29, 0.717) is 11.1 Å². The van der Waals surface area contributed by atoms with E-state index >= 15 is 0 Å². The molecule has 2 N–H and O–H groups in total. The van der Waals surface area contributed by atoms with E-state index in [1.54, 1.807) is 48.5 Å². The molecule has 142 valence electrons. The summed E-state index contributed by atoms with van der Waals surface area (Å²) in [6.45, 7) is 0. The number of hydrogen-bond acceptors (Lipinski definition) is 4. The number of H-pyrrole nitrogens is 1. The molecule has 1 aromatic heterocycles. The molecule has 0 amide bonds. The largest absolute Gasteiger partial charge is 0.273 e. The number of hydrogen-bond donors (Lipinski definition) is 3. The van der Waals surface area contributed by atoms with Gasteiger partial charge in [0.1, 0.15) is 10.4 Å². The molecule has 4 aromatic rings. The van der Waals surface area contributed by atoms with Gasteiger partial charge in [0.05, 0.1) is 5.02 Å². The zero-order chi connectivity index (χ0) is 19.9. The molecule has 0 unspecified atom stereocenters. The molecule has 5 nitrogen and oxygen atoms in total. The van der Waals surface area contributed by atoms with Crippen molar-refractivity contribution in [3.63, 3.8) is 0 Å². The smallest absolute Gasteiger partial charge is 0.264 e. The molecule has 0 aliphatic heterocycles. The summed E-state index contributed by atoms with van der Waals surface area (Å²) in [6.07, 6.45) is 0. The van der Waals surface area contributed by atoms with Crippen LogP contribution in [0.25, 0.3) is 22.0 Å². The Hall–Kier alpha value is -2.55. The molecule has 4 rings (SSSR count). The summed E-state index contributed by atoms with van der Waals surface area (Å²) in [5.41, 5.74) is 1.15. The van der Waals surface area contributed by atoms with Crippen molar-refractivity contribution in [3.8, 4) is 11.1 Å². The number of benzene rings is 3. The van der Waals surface area contributed by atoms with E-state index < -0.39 is 15.8 Å². The molecule has 0 saturated heterocycles. The van der Waals surface area contributed by atoms with E-state index in [-0.39, 0.29) is 31.5 Å². The van der Waals surface area contributed by atoms with Crippen molar-refractivity contribution < 1.29 is 12.8 Å². The number of aromatic amines is 1. The second-order valence-corrected chi connectivity index (χ2v) is 8.50. The predicted molar refractivity (Wildman–Crippen MR) is 111 cm³/mol. The topological polar surface area (TPSA) is 74.8 Å². The average Bonchev–Trinajstić information content (AvgIpc) is 3.07. The molecule has 0 aliphatic carbocycles. The number of halogens is 2. The maximum absolute atomic E-state index is 14.8. The molecule has 0 spiro atoms. The van der Waals surface area contributed by atoms with Gasteiger partial charge in [0, 0.05) is 15.8 Å². The Labute approximate surface area is 171 Å². The Morgan fingerprint density at radius 1 is 1.07 bits per heavy atom. The van der Waals surface area contributed by atoms with E-state index in [4.69, 9.17) is 11.6 Å². The Balaban J connectivity index is 1.86. The highest BCUT2D eigenvalue weighted by molar-refractivity contribution is 7.93. The minimum atomic E-state index is -3.97. The van der Waals surface area contributed by atoms with Gasteiger partial charge in [-0.2, -0.15) is 5.10 Å². The van der Waals surface area contributed by atoms with Gasteiger partial charge in [-0.15, -0.1) is 12.6 Å². The highest BCUT2D eigenvalue weighted by Gasteiger charge is 2.22. The molecule has 0 atom stereocenters. The third-order valence-corrected chi connectivity index (χ3v) is 6.52. The summed E-state index contributed by atoms with van der Waals surface area (Å²) in [5.74, 6) is -0.732. The van der Waals surface area contributed by atoms with Crippen LogP contribution >= 0.6 is 24.2 Å².